The average molecular weight is 321 g/mol. The third kappa shape index (κ3) is 3.05. The zero-order valence-electron chi connectivity index (χ0n) is 13.6. The van der Waals surface area contributed by atoms with Gasteiger partial charge in [0, 0.05) is 31.3 Å². The largest absolute Gasteiger partial charge is 0.334 e. The van der Waals surface area contributed by atoms with Crippen LogP contribution in [0.25, 0.3) is 11.5 Å². The molecule has 24 heavy (non-hydrogen) atoms. The lowest BCUT2D eigenvalue weighted by Gasteiger charge is -2.26. The zero-order chi connectivity index (χ0) is 16.4. The van der Waals surface area contributed by atoms with Crippen LogP contribution in [-0.4, -0.2) is 31.6 Å². The Balaban J connectivity index is 1.47. The third-order valence-electron chi connectivity index (χ3n) is 4.24. The van der Waals surface area contributed by atoms with E-state index in [1.165, 1.54) is 5.56 Å². The van der Waals surface area contributed by atoms with Crippen LogP contribution in [0.15, 0.2) is 41.1 Å². The molecule has 0 atom stereocenters. The van der Waals surface area contributed by atoms with Gasteiger partial charge in [-0.2, -0.15) is 4.98 Å². The van der Waals surface area contributed by atoms with Gasteiger partial charge in [-0.15, -0.1) is 0 Å². The van der Waals surface area contributed by atoms with Crippen LogP contribution in [0.4, 0.5) is 0 Å². The number of hydrogen-bond acceptors (Lipinski definition) is 6. The molecule has 0 spiro atoms. The van der Waals surface area contributed by atoms with E-state index in [0.717, 1.165) is 43.0 Å². The van der Waals surface area contributed by atoms with E-state index in [9.17, 15) is 0 Å². The quantitative estimate of drug-likeness (QED) is 0.736. The van der Waals surface area contributed by atoms with Gasteiger partial charge in [-0.1, -0.05) is 30.3 Å². The van der Waals surface area contributed by atoms with Gasteiger partial charge in [-0.25, -0.2) is 9.97 Å². The van der Waals surface area contributed by atoms with Crippen molar-refractivity contribution in [1.82, 2.24) is 25.0 Å². The molecule has 1 aliphatic heterocycles. The molecule has 0 aliphatic carbocycles. The lowest BCUT2D eigenvalue weighted by atomic mass is 10.1. The summed E-state index contributed by atoms with van der Waals surface area (Å²) in [5.41, 5.74) is 3.32. The molecule has 0 saturated carbocycles. The Morgan fingerprint density at radius 2 is 2.00 bits per heavy atom. The highest BCUT2D eigenvalue weighted by Crippen LogP contribution is 2.20. The number of fused-ring (bicyclic) bond motifs is 1. The molecule has 6 heteroatoms. The van der Waals surface area contributed by atoms with Crippen LogP contribution in [0.3, 0.4) is 0 Å². The molecular weight excluding hydrogens is 302 g/mol. The van der Waals surface area contributed by atoms with Crippen LogP contribution in [0.5, 0.6) is 0 Å². The van der Waals surface area contributed by atoms with E-state index < -0.39 is 0 Å². The molecule has 0 unspecified atom stereocenters. The molecule has 1 aliphatic rings. The monoisotopic (exact) mass is 321 g/mol. The Labute approximate surface area is 140 Å². The summed E-state index contributed by atoms with van der Waals surface area (Å²) in [6.45, 7) is 4.51. The van der Waals surface area contributed by atoms with Crippen molar-refractivity contribution < 1.29 is 4.52 Å². The minimum Gasteiger partial charge on any atom is -0.334 e. The number of benzene rings is 1. The average Bonchev–Trinajstić information content (AvgIpc) is 3.10. The predicted molar refractivity (Wildman–Crippen MR) is 89.0 cm³/mol. The maximum Gasteiger partial charge on any atom is 0.257 e. The van der Waals surface area contributed by atoms with Gasteiger partial charge in [0.25, 0.3) is 5.89 Å². The molecule has 122 valence electrons. The van der Waals surface area contributed by atoms with E-state index in [-0.39, 0.29) is 0 Å². The van der Waals surface area contributed by atoms with Gasteiger partial charge in [0.1, 0.15) is 5.82 Å². The fraction of sp³-hybridized carbons (Fsp3) is 0.333. The van der Waals surface area contributed by atoms with Gasteiger partial charge in [0.2, 0.25) is 0 Å². The second-order valence-electron chi connectivity index (χ2n) is 5.95. The number of hydrogen-bond donors (Lipinski definition) is 0. The molecule has 3 heterocycles. The highest BCUT2D eigenvalue weighted by Gasteiger charge is 2.20. The van der Waals surface area contributed by atoms with E-state index in [1.54, 1.807) is 0 Å². The summed E-state index contributed by atoms with van der Waals surface area (Å²) in [6, 6.07) is 9.84. The fourth-order valence-electron chi connectivity index (χ4n) is 2.92. The van der Waals surface area contributed by atoms with Crippen molar-refractivity contribution in [1.29, 1.82) is 0 Å². The second-order valence-corrected chi connectivity index (χ2v) is 5.95. The summed E-state index contributed by atoms with van der Waals surface area (Å²) in [5, 5.41) is 4.12. The van der Waals surface area contributed by atoms with Crippen molar-refractivity contribution in [3.8, 4) is 11.5 Å². The summed E-state index contributed by atoms with van der Waals surface area (Å²) in [6.07, 6.45) is 3.79. The van der Waals surface area contributed by atoms with Gasteiger partial charge in [-0.05, 0) is 24.1 Å². The molecular formula is C18H19N5O. The lowest BCUT2D eigenvalue weighted by Crippen LogP contribution is -2.31. The van der Waals surface area contributed by atoms with Crippen LogP contribution in [-0.2, 0) is 25.9 Å². The summed E-state index contributed by atoms with van der Waals surface area (Å²) in [5.74, 6) is 2.18. The smallest absolute Gasteiger partial charge is 0.257 e. The van der Waals surface area contributed by atoms with Gasteiger partial charge >= 0.3 is 0 Å². The first-order valence-electron chi connectivity index (χ1n) is 8.26. The highest BCUT2D eigenvalue weighted by atomic mass is 16.5. The molecule has 0 N–H and O–H groups in total. The molecule has 2 aromatic heterocycles. The molecule has 1 aromatic carbocycles. The molecule has 0 fully saturated rings. The molecule has 6 nitrogen and oxygen atoms in total. The van der Waals surface area contributed by atoms with E-state index in [4.69, 9.17) is 4.52 Å². The van der Waals surface area contributed by atoms with Gasteiger partial charge in [-0.3, -0.25) is 4.90 Å². The van der Waals surface area contributed by atoms with E-state index in [0.29, 0.717) is 18.3 Å². The maximum absolute atomic E-state index is 5.38. The number of aryl methyl sites for hydroxylation is 1. The second kappa shape index (κ2) is 6.49. The summed E-state index contributed by atoms with van der Waals surface area (Å²) < 4.78 is 5.38. The third-order valence-corrected chi connectivity index (χ3v) is 4.24. The van der Waals surface area contributed by atoms with E-state index >= 15 is 0 Å². The topological polar surface area (TPSA) is 67.9 Å². The van der Waals surface area contributed by atoms with E-state index in [1.807, 2.05) is 36.5 Å². The van der Waals surface area contributed by atoms with Crippen LogP contribution >= 0.6 is 0 Å². The van der Waals surface area contributed by atoms with Crippen LogP contribution in [0.2, 0.25) is 0 Å². The standard InChI is InChI=1S/C18H19N5O/c1-2-16-19-10-14-8-9-23(11-15(14)20-16)12-17-21-18(24-22-17)13-6-4-3-5-7-13/h3-7,10H,2,8-9,11-12H2,1H3. The normalized spacial score (nSPS) is 14.5. The van der Waals surface area contributed by atoms with E-state index in [2.05, 4.69) is 31.9 Å². The Bertz CT molecular complexity index is 830. The number of aromatic nitrogens is 4. The van der Waals surface area contributed by atoms with Crippen LogP contribution < -0.4 is 0 Å². The lowest BCUT2D eigenvalue weighted by molar-refractivity contribution is 0.231. The highest BCUT2D eigenvalue weighted by molar-refractivity contribution is 5.51. The number of rotatable bonds is 4. The Morgan fingerprint density at radius 1 is 1.12 bits per heavy atom. The summed E-state index contributed by atoms with van der Waals surface area (Å²) in [4.78, 5) is 15.9. The predicted octanol–water partition coefficient (Wildman–Crippen LogP) is 2.65. The first-order valence-corrected chi connectivity index (χ1v) is 8.26. The maximum atomic E-state index is 5.38. The fourth-order valence-corrected chi connectivity index (χ4v) is 2.92. The van der Waals surface area contributed by atoms with Crippen molar-refractivity contribution in [3.05, 3.63) is 59.4 Å². The first kappa shape index (κ1) is 15.0. The Morgan fingerprint density at radius 3 is 2.83 bits per heavy atom. The Kier molecular flexibility index (Phi) is 4.04. The zero-order valence-corrected chi connectivity index (χ0v) is 13.6. The molecule has 0 bridgehead atoms. The molecule has 3 aromatic rings. The van der Waals surface area contributed by atoms with Crippen molar-refractivity contribution >= 4 is 0 Å². The van der Waals surface area contributed by atoms with Crippen LogP contribution in [0.1, 0.15) is 29.8 Å². The van der Waals surface area contributed by atoms with Crippen LogP contribution in [0, 0.1) is 0 Å². The van der Waals surface area contributed by atoms with Gasteiger partial charge in [0.15, 0.2) is 5.82 Å². The summed E-state index contributed by atoms with van der Waals surface area (Å²) >= 11 is 0. The van der Waals surface area contributed by atoms with Crippen molar-refractivity contribution in [3.63, 3.8) is 0 Å². The molecule has 0 saturated heterocycles. The summed E-state index contributed by atoms with van der Waals surface area (Å²) in [7, 11) is 0. The van der Waals surface area contributed by atoms with Gasteiger partial charge < -0.3 is 4.52 Å². The minimum atomic E-state index is 0.568. The SMILES string of the molecule is CCc1ncc2c(n1)CN(Cc1noc(-c3ccccc3)n1)CC2. The first-order chi connectivity index (χ1) is 11.8. The molecule has 0 amide bonds. The van der Waals surface area contributed by atoms with Gasteiger partial charge in [0.05, 0.1) is 12.2 Å². The Hall–Kier alpha value is -2.60. The minimum absolute atomic E-state index is 0.568. The molecule has 4 rings (SSSR count). The molecule has 0 radical (unpaired) electrons. The van der Waals surface area contributed by atoms with Crippen molar-refractivity contribution in [2.24, 2.45) is 0 Å². The van der Waals surface area contributed by atoms with Crippen molar-refractivity contribution in [2.75, 3.05) is 6.54 Å². The van der Waals surface area contributed by atoms with Crippen molar-refractivity contribution in [2.45, 2.75) is 32.9 Å². The number of nitrogens with zero attached hydrogens (tertiary/aromatic N) is 5.